The maximum Gasteiger partial charge on any atom is 0.0746 e. The van der Waals surface area contributed by atoms with Crippen LogP contribution >= 0.6 is 11.6 Å². The molecule has 1 aromatic rings. The van der Waals surface area contributed by atoms with E-state index in [2.05, 4.69) is 4.90 Å². The lowest BCUT2D eigenvalue weighted by atomic mass is 9.94. The summed E-state index contributed by atoms with van der Waals surface area (Å²) < 4.78 is 0. The van der Waals surface area contributed by atoms with E-state index in [1.54, 1.807) is 0 Å². The molecule has 1 aliphatic rings. The average molecular weight is 283 g/mol. The Morgan fingerprint density at radius 3 is 2.89 bits per heavy atom. The van der Waals surface area contributed by atoms with Gasteiger partial charge in [-0.3, -0.25) is 0 Å². The summed E-state index contributed by atoms with van der Waals surface area (Å²) in [4.78, 5) is 2.29. The van der Waals surface area contributed by atoms with Gasteiger partial charge in [0.1, 0.15) is 0 Å². The van der Waals surface area contributed by atoms with Crippen LogP contribution in [-0.4, -0.2) is 35.2 Å². The molecule has 4 heteroatoms. The normalized spacial score (nSPS) is 26.3. The zero-order valence-corrected chi connectivity index (χ0v) is 12.2. The van der Waals surface area contributed by atoms with Gasteiger partial charge in [0.15, 0.2) is 0 Å². The van der Waals surface area contributed by atoms with Gasteiger partial charge in [-0.1, -0.05) is 29.8 Å². The fraction of sp³-hybridized carbons (Fsp3) is 0.600. The molecule has 0 amide bonds. The molecule has 1 fully saturated rings. The van der Waals surface area contributed by atoms with Gasteiger partial charge in [-0.05, 0) is 44.4 Å². The Balaban J connectivity index is 1.87. The summed E-state index contributed by atoms with van der Waals surface area (Å²) in [6.45, 7) is 4.60. The number of nitrogens with two attached hydrogens (primary N) is 1. The quantitative estimate of drug-likeness (QED) is 0.892. The van der Waals surface area contributed by atoms with Gasteiger partial charge in [0.2, 0.25) is 0 Å². The highest BCUT2D eigenvalue weighted by atomic mass is 35.5. The van der Waals surface area contributed by atoms with Gasteiger partial charge in [0.05, 0.1) is 5.60 Å². The average Bonchev–Trinajstić information content (AvgIpc) is 2.35. The van der Waals surface area contributed by atoms with Crippen LogP contribution in [0.3, 0.4) is 0 Å². The van der Waals surface area contributed by atoms with Gasteiger partial charge in [-0.2, -0.15) is 0 Å². The molecule has 0 aromatic heterocycles. The molecule has 19 heavy (non-hydrogen) atoms. The topological polar surface area (TPSA) is 49.5 Å². The number of hydrogen-bond acceptors (Lipinski definition) is 3. The lowest BCUT2D eigenvalue weighted by Gasteiger charge is -2.37. The van der Waals surface area contributed by atoms with E-state index in [9.17, 15) is 5.11 Å². The van der Waals surface area contributed by atoms with Gasteiger partial charge in [-0.15, -0.1) is 0 Å². The van der Waals surface area contributed by atoms with Crippen molar-refractivity contribution in [2.24, 2.45) is 5.73 Å². The Kier molecular flexibility index (Phi) is 4.85. The molecule has 106 valence electrons. The van der Waals surface area contributed by atoms with Crippen LogP contribution in [-0.2, 0) is 0 Å². The van der Waals surface area contributed by atoms with E-state index in [0.29, 0.717) is 0 Å². The van der Waals surface area contributed by atoms with E-state index in [1.807, 2.05) is 31.2 Å². The number of rotatable bonds is 4. The highest BCUT2D eigenvalue weighted by molar-refractivity contribution is 6.31. The lowest BCUT2D eigenvalue weighted by Crippen LogP contribution is -2.46. The fourth-order valence-electron chi connectivity index (χ4n) is 2.77. The van der Waals surface area contributed by atoms with Crippen molar-refractivity contribution in [3.63, 3.8) is 0 Å². The first-order chi connectivity index (χ1) is 8.98. The number of piperidine rings is 1. The SMILES string of the molecule is CC1(O)CCCN(CCC(N)c2ccccc2Cl)C1. The van der Waals surface area contributed by atoms with Gasteiger partial charge in [0, 0.05) is 24.2 Å². The van der Waals surface area contributed by atoms with Gasteiger partial charge in [0.25, 0.3) is 0 Å². The number of halogens is 1. The summed E-state index contributed by atoms with van der Waals surface area (Å²) in [5.74, 6) is 0. The molecular formula is C15H23ClN2O. The zero-order valence-electron chi connectivity index (χ0n) is 11.5. The number of β-amino-alcohol motifs (C(OH)–C–C–N with tert-alkyl or cyclic N) is 1. The fourth-order valence-corrected chi connectivity index (χ4v) is 3.04. The van der Waals surface area contributed by atoms with Crippen molar-refractivity contribution in [3.05, 3.63) is 34.9 Å². The van der Waals surface area contributed by atoms with Crippen molar-refractivity contribution in [3.8, 4) is 0 Å². The Bertz CT molecular complexity index is 422. The highest BCUT2D eigenvalue weighted by Crippen LogP contribution is 2.25. The molecule has 0 spiro atoms. The van der Waals surface area contributed by atoms with Crippen LogP contribution in [0.25, 0.3) is 0 Å². The van der Waals surface area contributed by atoms with E-state index in [1.165, 1.54) is 0 Å². The van der Waals surface area contributed by atoms with Crippen LogP contribution in [0.4, 0.5) is 0 Å². The third-order valence-electron chi connectivity index (χ3n) is 3.81. The van der Waals surface area contributed by atoms with Gasteiger partial charge >= 0.3 is 0 Å². The standard InChI is InChI=1S/C15H23ClN2O/c1-15(19)8-4-9-18(11-15)10-7-14(17)12-5-2-3-6-13(12)16/h2-3,5-6,14,19H,4,7-11,17H2,1H3. The van der Waals surface area contributed by atoms with Crippen LogP contribution in [0, 0.1) is 0 Å². The molecule has 3 nitrogen and oxygen atoms in total. The van der Waals surface area contributed by atoms with E-state index < -0.39 is 5.60 Å². The maximum atomic E-state index is 10.1. The van der Waals surface area contributed by atoms with E-state index in [0.717, 1.165) is 49.5 Å². The molecule has 1 aromatic carbocycles. The maximum absolute atomic E-state index is 10.1. The van der Waals surface area contributed by atoms with Crippen LogP contribution in [0.1, 0.15) is 37.8 Å². The number of nitrogens with zero attached hydrogens (tertiary/aromatic N) is 1. The number of aliphatic hydroxyl groups is 1. The summed E-state index contributed by atoms with van der Waals surface area (Å²) in [5.41, 5.74) is 6.67. The molecule has 1 aliphatic heterocycles. The second-order valence-electron chi connectivity index (χ2n) is 5.79. The second-order valence-corrected chi connectivity index (χ2v) is 6.20. The van der Waals surface area contributed by atoms with Crippen molar-refractivity contribution < 1.29 is 5.11 Å². The molecule has 2 atom stereocenters. The highest BCUT2D eigenvalue weighted by Gasteiger charge is 2.28. The second kappa shape index (κ2) is 6.23. The largest absolute Gasteiger partial charge is 0.389 e. The van der Waals surface area contributed by atoms with E-state index >= 15 is 0 Å². The minimum atomic E-state index is -0.549. The molecule has 0 aliphatic carbocycles. The van der Waals surface area contributed by atoms with Crippen LogP contribution in [0.15, 0.2) is 24.3 Å². The Labute approximate surface area is 120 Å². The Morgan fingerprint density at radius 1 is 1.47 bits per heavy atom. The molecule has 0 radical (unpaired) electrons. The van der Waals surface area contributed by atoms with Crippen LogP contribution in [0.2, 0.25) is 5.02 Å². The Hall–Kier alpha value is -0.610. The summed E-state index contributed by atoms with van der Waals surface area (Å²) in [6, 6.07) is 7.70. The molecule has 2 rings (SSSR count). The minimum Gasteiger partial charge on any atom is -0.389 e. The van der Waals surface area contributed by atoms with Crippen molar-refractivity contribution >= 4 is 11.6 Å². The zero-order chi connectivity index (χ0) is 13.9. The number of benzene rings is 1. The third-order valence-corrected chi connectivity index (χ3v) is 4.16. The molecule has 0 saturated carbocycles. The van der Waals surface area contributed by atoms with Crippen molar-refractivity contribution in [2.45, 2.75) is 37.8 Å². The van der Waals surface area contributed by atoms with E-state index in [4.69, 9.17) is 17.3 Å². The van der Waals surface area contributed by atoms with E-state index in [-0.39, 0.29) is 6.04 Å². The monoisotopic (exact) mass is 282 g/mol. The minimum absolute atomic E-state index is 0.0411. The summed E-state index contributed by atoms with van der Waals surface area (Å²) in [5, 5.41) is 10.8. The van der Waals surface area contributed by atoms with Crippen LogP contribution < -0.4 is 5.73 Å². The smallest absolute Gasteiger partial charge is 0.0746 e. The van der Waals surface area contributed by atoms with Crippen molar-refractivity contribution in [2.75, 3.05) is 19.6 Å². The van der Waals surface area contributed by atoms with Crippen LogP contribution in [0.5, 0.6) is 0 Å². The molecule has 0 bridgehead atoms. The first kappa shape index (κ1) is 14.8. The predicted octanol–water partition coefficient (Wildman–Crippen LogP) is 2.58. The summed E-state index contributed by atoms with van der Waals surface area (Å²) in [6.07, 6.45) is 2.80. The third kappa shape index (κ3) is 4.18. The first-order valence-electron chi connectivity index (χ1n) is 6.93. The Morgan fingerprint density at radius 2 is 2.21 bits per heavy atom. The number of likely N-dealkylation sites (tertiary alicyclic amines) is 1. The number of hydrogen-bond donors (Lipinski definition) is 2. The molecule has 1 saturated heterocycles. The lowest BCUT2D eigenvalue weighted by molar-refractivity contribution is -0.0161. The summed E-state index contributed by atoms with van der Waals surface area (Å²) in [7, 11) is 0. The molecule has 3 N–H and O–H groups in total. The molecular weight excluding hydrogens is 260 g/mol. The molecule has 1 heterocycles. The van der Waals surface area contributed by atoms with Crippen molar-refractivity contribution in [1.82, 2.24) is 4.90 Å². The predicted molar refractivity (Wildman–Crippen MR) is 79.3 cm³/mol. The molecule has 2 unspecified atom stereocenters. The summed E-state index contributed by atoms with van der Waals surface area (Å²) >= 11 is 6.15. The van der Waals surface area contributed by atoms with Crippen molar-refractivity contribution in [1.29, 1.82) is 0 Å². The van der Waals surface area contributed by atoms with Gasteiger partial charge in [-0.25, -0.2) is 0 Å². The van der Waals surface area contributed by atoms with Gasteiger partial charge < -0.3 is 15.7 Å². The first-order valence-corrected chi connectivity index (χ1v) is 7.30.